The second-order valence-electron chi connectivity index (χ2n) is 4.75. The minimum Gasteiger partial charge on any atom is -0.464 e. The first-order valence-corrected chi connectivity index (χ1v) is 5.72. The van der Waals surface area contributed by atoms with Crippen molar-refractivity contribution in [3.05, 3.63) is 30.5 Å². The van der Waals surface area contributed by atoms with E-state index in [0.29, 0.717) is 5.75 Å². The lowest BCUT2D eigenvalue weighted by Gasteiger charge is -2.19. The number of carbonyl (C=O) groups is 1. The van der Waals surface area contributed by atoms with Crippen LogP contribution in [0.15, 0.2) is 34.9 Å². The summed E-state index contributed by atoms with van der Waals surface area (Å²) in [5.74, 6) is 0.355. The third-order valence-electron chi connectivity index (χ3n) is 3.07. The molecule has 90 valence electrons. The van der Waals surface area contributed by atoms with Crippen molar-refractivity contribution >= 4 is 16.9 Å². The highest BCUT2D eigenvalue weighted by molar-refractivity contribution is 5.82. The Hall–Kier alpha value is -1.77. The average Bonchev–Trinajstić information content (AvgIpc) is 2.76. The van der Waals surface area contributed by atoms with Crippen molar-refractivity contribution in [1.29, 1.82) is 0 Å². The van der Waals surface area contributed by atoms with E-state index in [2.05, 4.69) is 0 Å². The van der Waals surface area contributed by atoms with Crippen LogP contribution in [0.25, 0.3) is 11.0 Å². The van der Waals surface area contributed by atoms with Crippen molar-refractivity contribution < 1.29 is 13.9 Å². The second-order valence-corrected chi connectivity index (χ2v) is 4.75. The van der Waals surface area contributed by atoms with E-state index in [0.717, 1.165) is 17.4 Å². The Morgan fingerprint density at radius 3 is 2.82 bits per heavy atom. The summed E-state index contributed by atoms with van der Waals surface area (Å²) in [4.78, 5) is 11.9. The van der Waals surface area contributed by atoms with E-state index in [1.165, 1.54) is 0 Å². The van der Waals surface area contributed by atoms with Gasteiger partial charge in [-0.15, -0.1) is 0 Å². The first-order chi connectivity index (χ1) is 8.03. The minimum atomic E-state index is -0.453. The SMILES string of the molecule is CCC(C)(C)C(=O)Oc1ccc2occc2c1. The molecule has 0 spiro atoms. The molecular weight excluding hydrogens is 216 g/mol. The molecule has 0 aliphatic carbocycles. The third-order valence-corrected chi connectivity index (χ3v) is 3.07. The summed E-state index contributed by atoms with van der Waals surface area (Å²) < 4.78 is 10.6. The van der Waals surface area contributed by atoms with Gasteiger partial charge in [0.2, 0.25) is 0 Å². The Kier molecular flexibility index (Phi) is 2.92. The molecule has 0 fully saturated rings. The number of fused-ring (bicyclic) bond motifs is 1. The summed E-state index contributed by atoms with van der Waals surface area (Å²) in [6.45, 7) is 5.73. The van der Waals surface area contributed by atoms with E-state index < -0.39 is 5.41 Å². The van der Waals surface area contributed by atoms with E-state index in [4.69, 9.17) is 9.15 Å². The monoisotopic (exact) mass is 232 g/mol. The number of esters is 1. The molecule has 2 aromatic rings. The number of ether oxygens (including phenoxy) is 1. The summed E-state index contributed by atoms with van der Waals surface area (Å²) in [5, 5.41) is 0.935. The minimum absolute atomic E-state index is 0.206. The molecule has 0 bridgehead atoms. The Morgan fingerprint density at radius 2 is 2.12 bits per heavy atom. The fourth-order valence-electron chi connectivity index (χ4n) is 1.40. The van der Waals surface area contributed by atoms with Gasteiger partial charge in [0.05, 0.1) is 11.7 Å². The van der Waals surface area contributed by atoms with Gasteiger partial charge in [0.15, 0.2) is 0 Å². The lowest BCUT2D eigenvalue weighted by Crippen LogP contribution is -2.28. The Balaban J connectivity index is 2.21. The first-order valence-electron chi connectivity index (χ1n) is 5.72. The molecule has 3 heteroatoms. The lowest BCUT2D eigenvalue weighted by atomic mass is 9.91. The number of carbonyl (C=O) groups excluding carboxylic acids is 1. The Bertz CT molecular complexity index is 537. The zero-order valence-corrected chi connectivity index (χ0v) is 10.3. The molecule has 0 unspecified atom stereocenters. The van der Waals surface area contributed by atoms with E-state index in [9.17, 15) is 4.79 Å². The van der Waals surface area contributed by atoms with E-state index in [1.54, 1.807) is 18.4 Å². The third kappa shape index (κ3) is 2.33. The predicted octanol–water partition coefficient (Wildman–Crippen LogP) is 3.77. The van der Waals surface area contributed by atoms with Gasteiger partial charge < -0.3 is 9.15 Å². The van der Waals surface area contributed by atoms with Gasteiger partial charge in [0, 0.05) is 5.39 Å². The summed E-state index contributed by atoms with van der Waals surface area (Å²) in [7, 11) is 0. The number of furan rings is 1. The fraction of sp³-hybridized carbons (Fsp3) is 0.357. The molecule has 0 N–H and O–H groups in total. The Morgan fingerprint density at radius 1 is 1.35 bits per heavy atom. The largest absolute Gasteiger partial charge is 0.464 e. The van der Waals surface area contributed by atoms with Crippen LogP contribution >= 0.6 is 0 Å². The molecule has 1 heterocycles. The quantitative estimate of drug-likeness (QED) is 0.597. The van der Waals surface area contributed by atoms with Crippen molar-refractivity contribution in [2.24, 2.45) is 5.41 Å². The lowest BCUT2D eigenvalue weighted by molar-refractivity contribution is -0.144. The number of benzene rings is 1. The average molecular weight is 232 g/mol. The molecule has 1 aromatic carbocycles. The number of rotatable bonds is 3. The standard InChI is InChI=1S/C14H16O3/c1-4-14(2,3)13(15)17-11-5-6-12-10(9-11)7-8-16-12/h5-9H,4H2,1-3H3. The van der Waals surface area contributed by atoms with Crippen molar-refractivity contribution in [3.63, 3.8) is 0 Å². The normalized spacial score (nSPS) is 11.7. The van der Waals surface area contributed by atoms with Crippen LogP contribution in [0.3, 0.4) is 0 Å². The van der Waals surface area contributed by atoms with Crippen LogP contribution in [0.1, 0.15) is 27.2 Å². The van der Waals surface area contributed by atoms with Gasteiger partial charge in [0.1, 0.15) is 11.3 Å². The van der Waals surface area contributed by atoms with Gasteiger partial charge >= 0.3 is 5.97 Å². The zero-order valence-electron chi connectivity index (χ0n) is 10.3. The fourth-order valence-corrected chi connectivity index (χ4v) is 1.40. The van der Waals surface area contributed by atoms with Crippen molar-refractivity contribution in [2.75, 3.05) is 0 Å². The summed E-state index contributed by atoms with van der Waals surface area (Å²) in [5.41, 5.74) is 0.338. The molecule has 0 radical (unpaired) electrons. The van der Waals surface area contributed by atoms with Gasteiger partial charge in [0.25, 0.3) is 0 Å². The molecule has 2 rings (SSSR count). The molecule has 0 aliphatic heterocycles. The van der Waals surface area contributed by atoms with Crippen LogP contribution in [-0.4, -0.2) is 5.97 Å². The summed E-state index contributed by atoms with van der Waals surface area (Å²) in [6, 6.07) is 7.20. The molecule has 3 nitrogen and oxygen atoms in total. The van der Waals surface area contributed by atoms with Crippen molar-refractivity contribution in [3.8, 4) is 5.75 Å². The molecular formula is C14H16O3. The summed E-state index contributed by atoms with van der Waals surface area (Å²) in [6.07, 6.45) is 2.37. The molecule has 0 amide bonds. The molecule has 0 aliphatic rings. The Labute approximate surface area is 100 Å². The summed E-state index contributed by atoms with van der Waals surface area (Å²) >= 11 is 0. The molecule has 0 saturated heterocycles. The van der Waals surface area contributed by atoms with Gasteiger partial charge in [-0.25, -0.2) is 0 Å². The van der Waals surface area contributed by atoms with E-state index >= 15 is 0 Å². The van der Waals surface area contributed by atoms with Crippen LogP contribution in [0.2, 0.25) is 0 Å². The van der Waals surface area contributed by atoms with Crippen LogP contribution in [0, 0.1) is 5.41 Å². The maximum absolute atomic E-state index is 11.9. The van der Waals surface area contributed by atoms with Crippen LogP contribution in [0.4, 0.5) is 0 Å². The van der Waals surface area contributed by atoms with Crippen LogP contribution in [-0.2, 0) is 4.79 Å². The van der Waals surface area contributed by atoms with E-state index in [1.807, 2.05) is 32.9 Å². The maximum atomic E-state index is 11.9. The highest BCUT2D eigenvalue weighted by Gasteiger charge is 2.27. The van der Waals surface area contributed by atoms with Crippen LogP contribution < -0.4 is 4.74 Å². The highest BCUT2D eigenvalue weighted by atomic mass is 16.5. The predicted molar refractivity (Wildman–Crippen MR) is 65.9 cm³/mol. The van der Waals surface area contributed by atoms with Gasteiger partial charge in [-0.3, -0.25) is 4.79 Å². The number of hydrogen-bond acceptors (Lipinski definition) is 3. The molecule has 1 aromatic heterocycles. The molecule has 0 atom stereocenters. The number of hydrogen-bond donors (Lipinski definition) is 0. The van der Waals surface area contributed by atoms with Gasteiger partial charge in [-0.1, -0.05) is 6.92 Å². The van der Waals surface area contributed by atoms with Crippen molar-refractivity contribution in [2.45, 2.75) is 27.2 Å². The second kappa shape index (κ2) is 4.24. The van der Waals surface area contributed by atoms with Gasteiger partial charge in [-0.05, 0) is 44.5 Å². The van der Waals surface area contributed by atoms with E-state index in [-0.39, 0.29) is 5.97 Å². The highest BCUT2D eigenvalue weighted by Crippen LogP contribution is 2.26. The zero-order chi connectivity index (χ0) is 12.5. The van der Waals surface area contributed by atoms with Crippen LogP contribution in [0.5, 0.6) is 5.75 Å². The molecule has 0 saturated carbocycles. The smallest absolute Gasteiger partial charge is 0.316 e. The topological polar surface area (TPSA) is 39.4 Å². The maximum Gasteiger partial charge on any atom is 0.316 e. The van der Waals surface area contributed by atoms with Crippen molar-refractivity contribution in [1.82, 2.24) is 0 Å². The van der Waals surface area contributed by atoms with Gasteiger partial charge in [-0.2, -0.15) is 0 Å². The first kappa shape index (κ1) is 11.7. The molecule has 17 heavy (non-hydrogen) atoms.